The largest absolute Gasteiger partial charge is 0.359 e. The number of pyridine rings is 1. The molecule has 1 N–H and O–H groups in total. The summed E-state index contributed by atoms with van der Waals surface area (Å²) in [4.78, 5) is 32.2. The predicted octanol–water partition coefficient (Wildman–Crippen LogP) is 4.62. The van der Waals surface area contributed by atoms with Gasteiger partial charge >= 0.3 is 0 Å². The monoisotopic (exact) mass is 433 g/mol. The maximum absolute atomic E-state index is 13.1. The van der Waals surface area contributed by atoms with E-state index in [-0.39, 0.29) is 11.8 Å². The number of carbonyl (C=O) groups is 2. The van der Waals surface area contributed by atoms with E-state index in [1.165, 1.54) is 37.7 Å². The zero-order valence-corrected chi connectivity index (χ0v) is 19.2. The van der Waals surface area contributed by atoms with Crippen molar-refractivity contribution >= 4 is 11.8 Å². The minimum absolute atomic E-state index is 0.0846. The fraction of sp³-hybridized carbons (Fsp3) is 0.519. The molecular formula is C27H35N3O2. The summed E-state index contributed by atoms with van der Waals surface area (Å²) in [6, 6.07) is 12.3. The number of piperidine rings is 1. The molecule has 32 heavy (non-hydrogen) atoms. The van der Waals surface area contributed by atoms with E-state index < -0.39 is 5.41 Å². The van der Waals surface area contributed by atoms with Crippen LogP contribution in [0.2, 0.25) is 0 Å². The van der Waals surface area contributed by atoms with Crippen molar-refractivity contribution in [2.45, 2.75) is 57.8 Å². The lowest BCUT2D eigenvalue weighted by Crippen LogP contribution is -2.50. The van der Waals surface area contributed by atoms with Gasteiger partial charge < -0.3 is 10.2 Å². The number of nitrogens with one attached hydrogen (secondary N) is 1. The van der Waals surface area contributed by atoms with E-state index in [2.05, 4.69) is 22.4 Å². The molecule has 1 saturated heterocycles. The first kappa shape index (κ1) is 22.5. The number of amides is 2. The van der Waals surface area contributed by atoms with Gasteiger partial charge in [0.2, 0.25) is 11.8 Å². The Morgan fingerprint density at radius 2 is 1.72 bits per heavy atom. The van der Waals surface area contributed by atoms with Crippen LogP contribution < -0.4 is 5.32 Å². The lowest BCUT2D eigenvalue weighted by molar-refractivity contribution is -0.141. The third-order valence-corrected chi connectivity index (χ3v) is 7.51. The van der Waals surface area contributed by atoms with Gasteiger partial charge in [-0.2, -0.15) is 0 Å². The summed E-state index contributed by atoms with van der Waals surface area (Å²) in [7, 11) is 1.72. The first-order chi connectivity index (χ1) is 15.6. The van der Waals surface area contributed by atoms with Crippen LogP contribution in [0.4, 0.5) is 0 Å². The van der Waals surface area contributed by atoms with Crippen molar-refractivity contribution in [2.75, 3.05) is 20.1 Å². The molecule has 2 fully saturated rings. The van der Waals surface area contributed by atoms with E-state index in [0.29, 0.717) is 44.7 Å². The zero-order valence-electron chi connectivity index (χ0n) is 19.2. The van der Waals surface area contributed by atoms with E-state index in [4.69, 9.17) is 0 Å². The molecule has 1 aromatic heterocycles. The van der Waals surface area contributed by atoms with Crippen molar-refractivity contribution in [1.29, 1.82) is 0 Å². The SMILES string of the molecule is CNC(=O)C1(Cc2ccccc2-c2ccncc2)CCN(C(=O)CC2CCCCC2)CC1. The molecule has 1 aliphatic carbocycles. The van der Waals surface area contributed by atoms with Gasteiger partial charge in [-0.25, -0.2) is 0 Å². The van der Waals surface area contributed by atoms with Gasteiger partial charge in [-0.05, 0) is 66.8 Å². The third-order valence-electron chi connectivity index (χ3n) is 7.51. The van der Waals surface area contributed by atoms with Crippen LogP contribution in [0.3, 0.4) is 0 Å². The maximum Gasteiger partial charge on any atom is 0.226 e. The molecule has 0 radical (unpaired) electrons. The lowest BCUT2D eigenvalue weighted by Gasteiger charge is -2.41. The Bertz CT molecular complexity index is 914. The Morgan fingerprint density at radius 3 is 2.41 bits per heavy atom. The number of carbonyl (C=O) groups excluding carboxylic acids is 2. The summed E-state index contributed by atoms with van der Waals surface area (Å²) in [6.07, 6.45) is 12.6. The van der Waals surface area contributed by atoms with E-state index in [1.807, 2.05) is 29.2 Å². The number of benzene rings is 1. The molecule has 5 nitrogen and oxygen atoms in total. The Hall–Kier alpha value is -2.69. The Labute approximate surface area is 191 Å². The van der Waals surface area contributed by atoms with E-state index in [0.717, 1.165) is 11.1 Å². The topological polar surface area (TPSA) is 62.3 Å². The summed E-state index contributed by atoms with van der Waals surface area (Å²) in [6.45, 7) is 1.33. The number of rotatable bonds is 6. The smallest absolute Gasteiger partial charge is 0.226 e. The van der Waals surface area contributed by atoms with Crippen molar-refractivity contribution in [1.82, 2.24) is 15.2 Å². The van der Waals surface area contributed by atoms with E-state index in [1.54, 1.807) is 19.4 Å². The number of nitrogens with zero attached hydrogens (tertiary/aromatic N) is 2. The van der Waals surface area contributed by atoms with Crippen LogP contribution in [0.15, 0.2) is 48.8 Å². The van der Waals surface area contributed by atoms with E-state index >= 15 is 0 Å². The van der Waals surface area contributed by atoms with Crippen LogP contribution in [0.25, 0.3) is 11.1 Å². The van der Waals surface area contributed by atoms with Crippen molar-refractivity contribution in [3.05, 3.63) is 54.4 Å². The highest BCUT2D eigenvalue weighted by atomic mass is 16.2. The van der Waals surface area contributed by atoms with E-state index in [9.17, 15) is 9.59 Å². The molecule has 2 amide bonds. The Kier molecular flexibility index (Phi) is 7.23. The second-order valence-corrected chi connectivity index (χ2v) is 9.52. The highest BCUT2D eigenvalue weighted by molar-refractivity contribution is 5.84. The number of aromatic nitrogens is 1. The summed E-state index contributed by atoms with van der Waals surface area (Å²) >= 11 is 0. The highest BCUT2D eigenvalue weighted by Gasteiger charge is 2.42. The molecule has 1 aliphatic heterocycles. The second-order valence-electron chi connectivity index (χ2n) is 9.52. The first-order valence-electron chi connectivity index (χ1n) is 12.1. The normalized spacial score (nSPS) is 18.8. The van der Waals surface area contributed by atoms with Gasteiger partial charge in [0.05, 0.1) is 5.41 Å². The van der Waals surface area contributed by atoms with Crippen molar-refractivity contribution in [3.8, 4) is 11.1 Å². The summed E-state index contributed by atoms with van der Waals surface area (Å²) in [5, 5.41) is 2.91. The van der Waals surface area contributed by atoms with Crippen LogP contribution in [0, 0.1) is 11.3 Å². The van der Waals surface area contributed by atoms with Crippen LogP contribution in [-0.2, 0) is 16.0 Å². The molecule has 0 unspecified atom stereocenters. The molecule has 1 aromatic carbocycles. The van der Waals surface area contributed by atoms with Crippen molar-refractivity contribution in [2.24, 2.45) is 11.3 Å². The predicted molar refractivity (Wildman–Crippen MR) is 127 cm³/mol. The molecule has 170 valence electrons. The third kappa shape index (κ3) is 5.03. The average molecular weight is 434 g/mol. The zero-order chi connectivity index (χ0) is 22.4. The van der Waals surface area contributed by atoms with Gasteiger partial charge in [-0.3, -0.25) is 14.6 Å². The minimum atomic E-state index is -0.487. The molecule has 0 atom stereocenters. The Balaban J connectivity index is 1.48. The highest BCUT2D eigenvalue weighted by Crippen LogP contribution is 2.39. The Morgan fingerprint density at radius 1 is 1.03 bits per heavy atom. The van der Waals surface area contributed by atoms with Crippen LogP contribution in [-0.4, -0.2) is 41.8 Å². The fourth-order valence-electron chi connectivity index (χ4n) is 5.55. The van der Waals surface area contributed by atoms with Crippen LogP contribution in [0.1, 0.15) is 56.9 Å². The second kappa shape index (κ2) is 10.3. The first-order valence-corrected chi connectivity index (χ1v) is 12.1. The minimum Gasteiger partial charge on any atom is -0.359 e. The molecule has 2 aromatic rings. The molecule has 4 rings (SSSR count). The molecular weight excluding hydrogens is 398 g/mol. The van der Waals surface area contributed by atoms with Crippen molar-refractivity contribution < 1.29 is 9.59 Å². The lowest BCUT2D eigenvalue weighted by atomic mass is 9.72. The standard InChI is InChI=1S/C27H35N3O2/c1-28-26(32)27(20-23-9-5-6-10-24(23)22-11-15-29-16-12-22)13-17-30(18-14-27)25(31)19-21-7-3-2-4-8-21/h5-6,9-12,15-16,21H,2-4,7-8,13-14,17-20H2,1H3,(H,28,32). The van der Waals surface area contributed by atoms with Gasteiger partial charge in [0.25, 0.3) is 0 Å². The van der Waals surface area contributed by atoms with Crippen LogP contribution in [0.5, 0.6) is 0 Å². The number of hydrogen-bond donors (Lipinski definition) is 1. The molecule has 2 aliphatic rings. The van der Waals surface area contributed by atoms with Gasteiger partial charge in [0.1, 0.15) is 0 Å². The number of hydrogen-bond acceptors (Lipinski definition) is 3. The molecule has 0 bridgehead atoms. The quantitative estimate of drug-likeness (QED) is 0.723. The van der Waals surface area contributed by atoms with Gasteiger partial charge in [-0.1, -0.05) is 43.5 Å². The molecule has 0 spiro atoms. The maximum atomic E-state index is 13.1. The molecule has 5 heteroatoms. The molecule has 1 saturated carbocycles. The van der Waals surface area contributed by atoms with Crippen molar-refractivity contribution in [3.63, 3.8) is 0 Å². The van der Waals surface area contributed by atoms with Gasteiger partial charge in [0, 0.05) is 39.0 Å². The van der Waals surface area contributed by atoms with Gasteiger partial charge in [0.15, 0.2) is 0 Å². The van der Waals surface area contributed by atoms with Gasteiger partial charge in [-0.15, -0.1) is 0 Å². The average Bonchev–Trinajstić information content (AvgIpc) is 2.85. The fourth-order valence-corrected chi connectivity index (χ4v) is 5.55. The summed E-state index contributed by atoms with van der Waals surface area (Å²) in [5.41, 5.74) is 2.94. The summed E-state index contributed by atoms with van der Waals surface area (Å²) < 4.78 is 0. The molecule has 2 heterocycles. The van der Waals surface area contributed by atoms with Crippen LogP contribution >= 0.6 is 0 Å². The number of likely N-dealkylation sites (tertiary alicyclic amines) is 1. The summed E-state index contributed by atoms with van der Waals surface area (Å²) in [5.74, 6) is 0.912.